The third-order valence-corrected chi connectivity index (χ3v) is 6.95. The van der Waals surface area contributed by atoms with Crippen molar-refractivity contribution < 1.29 is 36.6 Å². The van der Waals surface area contributed by atoms with E-state index in [0.29, 0.717) is 19.9 Å². The van der Waals surface area contributed by atoms with Gasteiger partial charge in [0.2, 0.25) is 5.60 Å². The molecule has 1 fully saturated rings. The second kappa shape index (κ2) is 8.15. The highest BCUT2D eigenvalue weighted by Crippen LogP contribution is 2.33. The molecule has 28 heavy (non-hydrogen) atoms. The predicted molar refractivity (Wildman–Crippen MR) is 95.5 cm³/mol. The minimum absolute atomic E-state index is 0.140. The molecule has 0 spiro atoms. The molecule has 4 N–H and O–H groups in total. The lowest BCUT2D eigenvalue weighted by molar-refractivity contribution is -0.242. The van der Waals surface area contributed by atoms with Crippen LogP contribution < -0.4 is 10.6 Å². The number of aliphatic hydroxyl groups excluding tert-OH is 1. The maximum atomic E-state index is 12.7. The highest BCUT2D eigenvalue weighted by molar-refractivity contribution is 7.92. The van der Waals surface area contributed by atoms with E-state index >= 15 is 0 Å². The molecule has 12 heteroatoms. The number of piperidine rings is 1. The fraction of sp³-hybridized carbons (Fsp3) is 0.562. The van der Waals surface area contributed by atoms with Crippen LogP contribution in [0.25, 0.3) is 0 Å². The maximum Gasteiger partial charge on any atom is 0.426 e. The molecular formula is C16H20ClF3N2O5S. The number of nitrogens with one attached hydrogen (secondary N) is 2. The molecule has 0 saturated carbocycles. The third kappa shape index (κ3) is 4.60. The summed E-state index contributed by atoms with van der Waals surface area (Å²) in [6.45, 7) is 0.559. The van der Waals surface area contributed by atoms with Crippen LogP contribution in [0.4, 0.5) is 18.9 Å². The van der Waals surface area contributed by atoms with E-state index in [-0.39, 0.29) is 34.6 Å². The van der Waals surface area contributed by atoms with E-state index in [4.69, 9.17) is 11.6 Å². The number of carbonyl (C=O) groups is 1. The van der Waals surface area contributed by atoms with E-state index in [1.807, 2.05) is 5.32 Å². The van der Waals surface area contributed by atoms with Gasteiger partial charge in [-0.15, -0.1) is 0 Å². The molecule has 1 aliphatic rings. The Bertz CT molecular complexity index is 845. The van der Waals surface area contributed by atoms with Crippen LogP contribution in [0, 0.1) is 5.92 Å². The summed E-state index contributed by atoms with van der Waals surface area (Å²) in [6.07, 6.45) is -4.38. The molecular weight excluding hydrogens is 425 g/mol. The number of rotatable bonds is 5. The zero-order valence-corrected chi connectivity index (χ0v) is 16.3. The Balaban J connectivity index is 2.23. The molecule has 1 saturated heterocycles. The van der Waals surface area contributed by atoms with Crippen LogP contribution in [0.2, 0.25) is 5.02 Å². The van der Waals surface area contributed by atoms with Gasteiger partial charge in [-0.2, -0.15) is 13.2 Å². The van der Waals surface area contributed by atoms with Gasteiger partial charge in [0.15, 0.2) is 9.84 Å². The number of hydrogen-bond donors (Lipinski definition) is 4. The summed E-state index contributed by atoms with van der Waals surface area (Å²) < 4.78 is 63.7. The summed E-state index contributed by atoms with van der Waals surface area (Å²) in [6, 6.07) is 3.16. The van der Waals surface area contributed by atoms with E-state index < -0.39 is 32.9 Å². The Morgan fingerprint density at radius 2 is 2.04 bits per heavy atom. The quantitative estimate of drug-likeness (QED) is 0.549. The highest BCUT2D eigenvalue weighted by atomic mass is 35.5. The second-order valence-corrected chi connectivity index (χ2v) is 9.26. The first-order valence-corrected chi connectivity index (χ1v) is 10.2. The molecule has 1 aromatic rings. The molecule has 0 aliphatic carbocycles. The number of amides is 1. The predicted octanol–water partition coefficient (Wildman–Crippen LogP) is 1.68. The summed E-state index contributed by atoms with van der Waals surface area (Å²) in [7, 11) is -3.87. The van der Waals surface area contributed by atoms with E-state index in [0.717, 1.165) is 18.2 Å². The number of halogens is 4. The monoisotopic (exact) mass is 444 g/mol. The summed E-state index contributed by atoms with van der Waals surface area (Å²) in [5, 5.41) is 22.1. The molecule has 0 bridgehead atoms. The summed E-state index contributed by atoms with van der Waals surface area (Å²) in [5.41, 5.74) is -3.92. The van der Waals surface area contributed by atoms with E-state index in [1.165, 1.54) is 0 Å². The topological polar surface area (TPSA) is 116 Å². The van der Waals surface area contributed by atoms with Crippen molar-refractivity contribution in [2.45, 2.75) is 41.8 Å². The maximum absolute atomic E-state index is 12.7. The fourth-order valence-electron chi connectivity index (χ4n) is 2.67. The largest absolute Gasteiger partial charge is 0.426 e. The Hall–Kier alpha value is -1.40. The summed E-state index contributed by atoms with van der Waals surface area (Å²) in [5.74, 6) is -1.92. The zero-order valence-electron chi connectivity index (χ0n) is 14.8. The molecule has 3 atom stereocenters. The molecule has 2 unspecified atom stereocenters. The van der Waals surface area contributed by atoms with Crippen LogP contribution >= 0.6 is 11.6 Å². The van der Waals surface area contributed by atoms with Crippen molar-refractivity contribution in [2.75, 3.05) is 18.5 Å². The van der Waals surface area contributed by atoms with Gasteiger partial charge in [0, 0.05) is 6.61 Å². The van der Waals surface area contributed by atoms with Crippen molar-refractivity contribution in [2.24, 2.45) is 5.92 Å². The van der Waals surface area contributed by atoms with Gasteiger partial charge in [-0.1, -0.05) is 11.6 Å². The Labute approximate surface area is 164 Å². The SMILES string of the molecule is C[C@@](O)(C(=O)Nc1ccc(S(=O)(=O)C2CC(CO)CCN2)cc1Cl)C(F)(F)F. The number of carbonyl (C=O) groups excluding carboxylic acids is 1. The van der Waals surface area contributed by atoms with E-state index in [1.54, 1.807) is 0 Å². The number of hydrogen-bond acceptors (Lipinski definition) is 6. The van der Waals surface area contributed by atoms with Gasteiger partial charge in [0.25, 0.3) is 5.91 Å². The first-order valence-electron chi connectivity index (χ1n) is 8.29. The van der Waals surface area contributed by atoms with Crippen LogP contribution in [0.1, 0.15) is 19.8 Å². The van der Waals surface area contributed by atoms with Gasteiger partial charge < -0.3 is 20.8 Å². The first kappa shape index (κ1) is 22.9. The van der Waals surface area contributed by atoms with E-state index in [9.17, 15) is 36.6 Å². The normalized spacial score (nSPS) is 23.1. The Kier molecular flexibility index (Phi) is 6.66. The number of aliphatic hydroxyl groups is 2. The highest BCUT2D eigenvalue weighted by Gasteiger charge is 2.55. The van der Waals surface area contributed by atoms with Crippen LogP contribution in [-0.2, 0) is 14.6 Å². The van der Waals surface area contributed by atoms with Crippen molar-refractivity contribution in [1.82, 2.24) is 5.32 Å². The average molecular weight is 445 g/mol. The van der Waals surface area contributed by atoms with Crippen LogP contribution in [0.3, 0.4) is 0 Å². The van der Waals surface area contributed by atoms with Gasteiger partial charge >= 0.3 is 6.18 Å². The lowest BCUT2D eigenvalue weighted by Gasteiger charge is -2.29. The molecule has 1 aromatic carbocycles. The molecule has 0 radical (unpaired) electrons. The van der Waals surface area contributed by atoms with Crippen molar-refractivity contribution in [3.05, 3.63) is 23.2 Å². The van der Waals surface area contributed by atoms with Crippen LogP contribution in [0.5, 0.6) is 0 Å². The molecule has 2 rings (SSSR count). The standard InChI is InChI=1S/C16H20ClF3N2O5S/c1-15(25,16(18,19)20)14(24)22-12-3-2-10(7-11(12)17)28(26,27)13-6-9(8-23)4-5-21-13/h2-3,7,9,13,21,23,25H,4-6,8H2,1H3,(H,22,24)/t9?,13?,15-/m1/s1. The number of benzene rings is 1. The second-order valence-electron chi connectivity index (χ2n) is 6.73. The molecule has 1 aliphatic heterocycles. The zero-order chi connectivity index (χ0) is 21.3. The Morgan fingerprint density at radius 3 is 2.57 bits per heavy atom. The van der Waals surface area contributed by atoms with Crippen molar-refractivity contribution in [1.29, 1.82) is 0 Å². The molecule has 7 nitrogen and oxygen atoms in total. The molecule has 1 heterocycles. The van der Waals surface area contributed by atoms with Crippen molar-refractivity contribution in [3.8, 4) is 0 Å². The van der Waals surface area contributed by atoms with E-state index in [2.05, 4.69) is 5.32 Å². The van der Waals surface area contributed by atoms with Crippen molar-refractivity contribution >= 4 is 33.0 Å². The van der Waals surface area contributed by atoms with Crippen LogP contribution in [0.15, 0.2) is 23.1 Å². The number of alkyl halides is 3. The average Bonchev–Trinajstić information content (AvgIpc) is 2.62. The molecule has 158 valence electrons. The third-order valence-electron chi connectivity index (χ3n) is 4.62. The number of anilines is 1. The number of sulfone groups is 1. The molecule has 0 aromatic heterocycles. The van der Waals surface area contributed by atoms with Gasteiger partial charge in [-0.3, -0.25) is 4.79 Å². The lowest BCUT2D eigenvalue weighted by atomic mass is 9.99. The smallest absolute Gasteiger partial charge is 0.396 e. The Morgan fingerprint density at radius 1 is 1.39 bits per heavy atom. The summed E-state index contributed by atoms with van der Waals surface area (Å²) in [4.78, 5) is 11.6. The van der Waals surface area contributed by atoms with Gasteiger partial charge in [0.1, 0.15) is 5.37 Å². The lowest BCUT2D eigenvalue weighted by Crippen LogP contribution is -2.52. The van der Waals surface area contributed by atoms with Crippen molar-refractivity contribution in [3.63, 3.8) is 0 Å². The minimum Gasteiger partial charge on any atom is -0.396 e. The van der Waals surface area contributed by atoms with Crippen LogP contribution in [-0.4, -0.2) is 54.8 Å². The van der Waals surface area contributed by atoms with Gasteiger partial charge in [0.05, 0.1) is 15.6 Å². The minimum atomic E-state index is -5.21. The van der Waals surface area contributed by atoms with Gasteiger partial charge in [-0.25, -0.2) is 8.42 Å². The molecule has 1 amide bonds. The summed E-state index contributed by atoms with van der Waals surface area (Å²) >= 11 is 5.94. The first-order chi connectivity index (χ1) is 12.8. The van der Waals surface area contributed by atoms with Gasteiger partial charge in [-0.05, 0) is 50.4 Å². The fourth-order valence-corrected chi connectivity index (χ4v) is 4.69.